The molecule has 0 radical (unpaired) electrons. The van der Waals surface area contributed by atoms with E-state index in [2.05, 4.69) is 39.2 Å². The highest BCUT2D eigenvalue weighted by molar-refractivity contribution is 6.06. The number of H-pyrrole nitrogens is 1. The number of imidazole rings is 1. The van der Waals surface area contributed by atoms with Crippen molar-refractivity contribution in [1.29, 1.82) is 0 Å². The Morgan fingerprint density at radius 3 is 2.70 bits per heavy atom. The SMILES string of the molecule is C=CC(=C)c1cc2ccc3[nH]c([C@@H]4CC[C@H](C)N4C(=O)[C@@H](NC(=O)OC)C(C)C)nc3c2cc1ONC(=NC)[C@@H]1C[C@H](COC)CN1. The number of hydroxylamine groups is 1. The molecule has 47 heavy (non-hydrogen) atoms. The first-order valence-corrected chi connectivity index (χ1v) is 16.2. The van der Waals surface area contributed by atoms with Crippen molar-refractivity contribution >= 4 is 45.2 Å². The smallest absolute Gasteiger partial charge is 0.407 e. The third-order valence-electron chi connectivity index (χ3n) is 9.27. The molecule has 12 heteroatoms. The van der Waals surface area contributed by atoms with E-state index in [4.69, 9.17) is 19.3 Å². The number of alkyl carbamates (subject to hydrolysis) is 1. The first-order chi connectivity index (χ1) is 22.6. The van der Waals surface area contributed by atoms with Crippen molar-refractivity contribution in [3.63, 3.8) is 0 Å². The van der Waals surface area contributed by atoms with Crippen molar-refractivity contribution < 1.29 is 23.9 Å². The van der Waals surface area contributed by atoms with E-state index in [-0.39, 0.29) is 30.0 Å². The van der Waals surface area contributed by atoms with Crippen LogP contribution in [-0.4, -0.2) is 85.2 Å². The maximum Gasteiger partial charge on any atom is 0.407 e. The lowest BCUT2D eigenvalue weighted by molar-refractivity contribution is -0.137. The maximum atomic E-state index is 13.9. The number of aliphatic imine (C=N–C) groups is 1. The van der Waals surface area contributed by atoms with Crippen LogP contribution in [0.5, 0.6) is 5.75 Å². The Balaban J connectivity index is 1.48. The number of hydrogen-bond acceptors (Lipinski definition) is 8. The van der Waals surface area contributed by atoms with Gasteiger partial charge in [0.25, 0.3) is 0 Å². The average molecular weight is 646 g/mol. The van der Waals surface area contributed by atoms with Crippen LogP contribution < -0.4 is 21.0 Å². The van der Waals surface area contributed by atoms with E-state index in [0.29, 0.717) is 29.9 Å². The van der Waals surface area contributed by atoms with E-state index in [1.54, 1.807) is 20.2 Å². The lowest BCUT2D eigenvalue weighted by Gasteiger charge is -2.32. The van der Waals surface area contributed by atoms with Gasteiger partial charge in [-0.3, -0.25) is 9.79 Å². The quantitative estimate of drug-likeness (QED) is 0.100. The Kier molecular flexibility index (Phi) is 10.5. The van der Waals surface area contributed by atoms with Crippen molar-refractivity contribution in [2.24, 2.45) is 16.8 Å². The molecule has 3 aromatic rings. The Morgan fingerprint density at radius 2 is 2.02 bits per heavy atom. The zero-order valence-electron chi connectivity index (χ0n) is 28.2. The van der Waals surface area contributed by atoms with E-state index in [1.165, 1.54) is 7.11 Å². The Morgan fingerprint density at radius 1 is 1.23 bits per heavy atom. The molecule has 4 N–H and O–H groups in total. The van der Waals surface area contributed by atoms with Gasteiger partial charge in [0.2, 0.25) is 5.91 Å². The van der Waals surface area contributed by atoms with Crippen LogP contribution in [-0.2, 0) is 14.3 Å². The minimum atomic E-state index is -0.721. The molecule has 252 valence electrons. The summed E-state index contributed by atoms with van der Waals surface area (Å²) < 4.78 is 10.1. The molecule has 0 aliphatic carbocycles. The number of amidine groups is 1. The van der Waals surface area contributed by atoms with Gasteiger partial charge in [0.05, 0.1) is 36.8 Å². The van der Waals surface area contributed by atoms with E-state index in [0.717, 1.165) is 58.7 Å². The van der Waals surface area contributed by atoms with Gasteiger partial charge in [0.15, 0.2) is 5.75 Å². The van der Waals surface area contributed by atoms with E-state index >= 15 is 0 Å². The lowest BCUT2D eigenvalue weighted by atomic mass is 10.00. The second-order valence-corrected chi connectivity index (χ2v) is 12.8. The summed E-state index contributed by atoms with van der Waals surface area (Å²) in [5.41, 5.74) is 6.21. The number of likely N-dealkylation sites (tertiary alicyclic amines) is 1. The second kappa shape index (κ2) is 14.6. The van der Waals surface area contributed by atoms with Crippen LogP contribution in [0.1, 0.15) is 57.5 Å². The number of fused-ring (bicyclic) bond motifs is 3. The summed E-state index contributed by atoms with van der Waals surface area (Å²) >= 11 is 0. The highest BCUT2D eigenvalue weighted by atomic mass is 16.6. The molecule has 0 saturated carbocycles. The molecule has 12 nitrogen and oxygen atoms in total. The number of nitrogens with zero attached hydrogens (tertiary/aromatic N) is 3. The number of amides is 2. The highest BCUT2D eigenvalue weighted by Crippen LogP contribution is 2.39. The number of ether oxygens (including phenoxy) is 2. The van der Waals surface area contributed by atoms with E-state index in [1.807, 2.05) is 49.9 Å². The molecule has 5 atom stereocenters. The fourth-order valence-electron chi connectivity index (χ4n) is 6.69. The number of aromatic nitrogens is 2. The summed E-state index contributed by atoms with van der Waals surface area (Å²) in [4.78, 5) is 47.1. The Hall–Kier alpha value is -4.42. The Labute approximate surface area is 276 Å². The van der Waals surface area contributed by atoms with E-state index in [9.17, 15) is 9.59 Å². The summed E-state index contributed by atoms with van der Waals surface area (Å²) in [5, 5.41) is 8.06. The van der Waals surface area contributed by atoms with Crippen LogP contribution in [0, 0.1) is 11.8 Å². The van der Waals surface area contributed by atoms with Crippen molar-refractivity contribution in [2.75, 3.05) is 34.4 Å². The molecule has 0 bridgehead atoms. The third kappa shape index (κ3) is 6.98. The molecule has 3 heterocycles. The number of rotatable bonds is 11. The fourth-order valence-corrected chi connectivity index (χ4v) is 6.69. The Bertz CT molecular complexity index is 1680. The topological polar surface area (TPSA) is 142 Å². The number of carbonyl (C=O) groups is 2. The number of carbonyl (C=O) groups excluding carboxylic acids is 2. The summed E-state index contributed by atoms with van der Waals surface area (Å²) in [6.45, 7) is 15.5. The first-order valence-electron chi connectivity index (χ1n) is 16.2. The fraction of sp³-hybridized carbons (Fsp3) is 0.486. The summed E-state index contributed by atoms with van der Waals surface area (Å²) in [7, 11) is 4.75. The van der Waals surface area contributed by atoms with Crippen LogP contribution in [0.25, 0.3) is 27.4 Å². The minimum Gasteiger partial charge on any atom is -0.453 e. The van der Waals surface area contributed by atoms with E-state index < -0.39 is 12.1 Å². The van der Waals surface area contributed by atoms with Crippen molar-refractivity contribution in [1.82, 2.24) is 31.0 Å². The molecule has 0 spiro atoms. The van der Waals surface area contributed by atoms with Gasteiger partial charge in [0.1, 0.15) is 17.7 Å². The van der Waals surface area contributed by atoms with Crippen LogP contribution in [0.15, 0.2) is 48.5 Å². The standard InChI is InChI=1S/C35H47N7O5/c1-9-20(4)24-15-23-11-12-26-31(25(23)16-29(24)47-41-32(36-6)27-14-22(17-37-27)18-45-7)39-33(38-26)28-13-10-21(5)42(28)34(43)30(19(2)3)40-35(44)46-8/h9,11-12,15-16,19,21-22,27-28,30,37H,1,4,10,13-14,17-18H2,2-3,5-8H3,(H,36,41)(H,38,39)(H,40,44)/t21-,22-,27-,28-,30-/m0/s1. The van der Waals surface area contributed by atoms with Crippen LogP contribution in [0.4, 0.5) is 4.79 Å². The number of hydrogen-bond donors (Lipinski definition) is 4. The zero-order valence-corrected chi connectivity index (χ0v) is 28.2. The van der Waals surface area contributed by atoms with Crippen LogP contribution in [0.2, 0.25) is 0 Å². The third-order valence-corrected chi connectivity index (χ3v) is 9.27. The summed E-state index contributed by atoms with van der Waals surface area (Å²) in [6, 6.07) is 7.01. The van der Waals surface area contributed by atoms with Gasteiger partial charge in [-0.1, -0.05) is 39.1 Å². The monoisotopic (exact) mass is 645 g/mol. The number of methoxy groups -OCH3 is 2. The molecule has 2 aliphatic heterocycles. The summed E-state index contributed by atoms with van der Waals surface area (Å²) in [6.07, 6.45) is 3.52. The largest absolute Gasteiger partial charge is 0.453 e. The van der Waals surface area contributed by atoms with Gasteiger partial charge >= 0.3 is 6.09 Å². The van der Waals surface area contributed by atoms with Gasteiger partial charge in [-0.2, -0.15) is 0 Å². The molecule has 0 unspecified atom stereocenters. The molecule has 2 amide bonds. The first kappa shape index (κ1) is 33.9. The number of allylic oxidation sites excluding steroid dienone is 2. The van der Waals surface area contributed by atoms with Crippen LogP contribution >= 0.6 is 0 Å². The molecule has 2 saturated heterocycles. The van der Waals surface area contributed by atoms with Gasteiger partial charge in [-0.15, -0.1) is 0 Å². The van der Waals surface area contributed by atoms with Gasteiger partial charge < -0.3 is 34.8 Å². The zero-order chi connectivity index (χ0) is 33.8. The van der Waals surface area contributed by atoms with Crippen molar-refractivity contribution in [3.8, 4) is 5.75 Å². The lowest BCUT2D eigenvalue weighted by Crippen LogP contribution is -2.52. The number of aromatic amines is 1. The number of benzene rings is 2. The average Bonchev–Trinajstić information content (AvgIpc) is 3.81. The highest BCUT2D eigenvalue weighted by Gasteiger charge is 2.41. The van der Waals surface area contributed by atoms with Gasteiger partial charge in [-0.25, -0.2) is 15.3 Å². The maximum absolute atomic E-state index is 13.9. The second-order valence-electron chi connectivity index (χ2n) is 12.8. The van der Waals surface area contributed by atoms with Crippen LogP contribution in [0.3, 0.4) is 0 Å². The molecular weight excluding hydrogens is 598 g/mol. The van der Waals surface area contributed by atoms with Gasteiger partial charge in [-0.05, 0) is 67.2 Å². The number of nitrogens with one attached hydrogen (secondary N) is 4. The minimum absolute atomic E-state index is 0.0184. The molecule has 1 aromatic heterocycles. The van der Waals surface area contributed by atoms with Crippen molar-refractivity contribution in [2.45, 2.75) is 64.2 Å². The predicted molar refractivity (Wildman–Crippen MR) is 184 cm³/mol. The molecular formula is C35H47N7O5. The van der Waals surface area contributed by atoms with Gasteiger partial charge in [0, 0.05) is 37.7 Å². The van der Waals surface area contributed by atoms with Crippen molar-refractivity contribution in [3.05, 3.63) is 54.9 Å². The predicted octanol–water partition coefficient (Wildman–Crippen LogP) is 4.88. The molecule has 2 aliphatic rings. The molecule has 2 aromatic carbocycles. The molecule has 5 rings (SSSR count). The summed E-state index contributed by atoms with van der Waals surface area (Å²) in [5.74, 6) is 2.07. The molecule has 2 fully saturated rings. The normalized spacial score (nSPS) is 22.1.